The van der Waals surface area contributed by atoms with E-state index in [4.69, 9.17) is 47.0 Å². The Kier molecular flexibility index (Phi) is 7.57. The number of hydrogen-bond acceptors (Lipinski definition) is 19. The van der Waals surface area contributed by atoms with E-state index in [-0.39, 0.29) is 12.0 Å². The Hall–Kier alpha value is -4.14. The van der Waals surface area contributed by atoms with Crippen LogP contribution in [0.1, 0.15) is 79.9 Å². The van der Waals surface area contributed by atoms with Crippen molar-refractivity contribution in [1.29, 1.82) is 0 Å². The van der Waals surface area contributed by atoms with Crippen LogP contribution in [0.25, 0.3) is 0 Å². The number of aliphatic hydroxyl groups is 3. The van der Waals surface area contributed by atoms with Crippen molar-refractivity contribution < 1.29 is 91.1 Å². The SMILES string of the molecule is COC(=O)[C@H](OC(C)=O)[C@H]1[C@@]2(C)C[C@]3(O)[C@@](O)([C@@H](OC(=O)C(C)C)[C@]45O[C@]6(C)O[C@H]([C@H](O)[C@]78C[C@@]74[C@@H](OC(C)=O)C(=O)O[C@H]8c4ccoc4)[C@]5(O6)[C@]13C)[C@H]2OC(C)=O. The van der Waals surface area contributed by atoms with Crippen LogP contribution in [0, 0.1) is 33.5 Å². The lowest BCUT2D eigenvalue weighted by Gasteiger charge is -2.76. The van der Waals surface area contributed by atoms with Gasteiger partial charge < -0.3 is 62.4 Å². The lowest BCUT2D eigenvalue weighted by molar-refractivity contribution is -0.455. The van der Waals surface area contributed by atoms with Gasteiger partial charge in [0, 0.05) is 50.0 Å². The molecular formula is C39H46O19. The van der Waals surface area contributed by atoms with E-state index in [1.165, 1.54) is 53.2 Å². The summed E-state index contributed by atoms with van der Waals surface area (Å²) in [7, 11) is 1.04. The molecule has 3 aliphatic heterocycles. The smallest absolute Gasteiger partial charge is 0.348 e. The third kappa shape index (κ3) is 3.72. The highest BCUT2D eigenvalue weighted by atomic mass is 17.0. The van der Waals surface area contributed by atoms with E-state index in [2.05, 4.69) is 0 Å². The Bertz CT molecular complexity index is 2070. The Balaban J connectivity index is 1.45. The van der Waals surface area contributed by atoms with Crippen LogP contribution in [0.4, 0.5) is 0 Å². The second-order valence-electron chi connectivity index (χ2n) is 18.1. The summed E-state index contributed by atoms with van der Waals surface area (Å²) in [4.78, 5) is 81.9. The summed E-state index contributed by atoms with van der Waals surface area (Å²) in [5, 5.41) is 40.8. The highest BCUT2D eigenvalue weighted by molar-refractivity contribution is 5.85. The van der Waals surface area contributed by atoms with Gasteiger partial charge >= 0.3 is 35.8 Å². The number of methoxy groups -OCH3 is 1. The lowest BCUT2D eigenvalue weighted by Crippen LogP contribution is -2.97. The van der Waals surface area contributed by atoms with E-state index in [0.29, 0.717) is 0 Å². The molecule has 0 amide bonds. The van der Waals surface area contributed by atoms with E-state index >= 15 is 0 Å². The predicted molar refractivity (Wildman–Crippen MR) is 182 cm³/mol. The number of hydrogen-bond donors (Lipinski definition) is 3. The maximum absolute atomic E-state index is 14.6. The average Bonchev–Trinajstić information content (AvgIpc) is 3.48. The molecule has 5 aliphatic carbocycles. The van der Waals surface area contributed by atoms with Crippen LogP contribution in [-0.2, 0) is 71.4 Å². The number of aliphatic hydroxyl groups excluding tert-OH is 1. The number of fused-ring (bicyclic) bond motifs is 2. The topological polar surface area (TPSA) is 259 Å². The summed E-state index contributed by atoms with van der Waals surface area (Å²) >= 11 is 0. The second-order valence-corrected chi connectivity index (χ2v) is 18.1. The molecule has 17 atom stereocenters. The van der Waals surface area contributed by atoms with Gasteiger partial charge in [-0.3, -0.25) is 19.2 Å². The summed E-state index contributed by atoms with van der Waals surface area (Å²) < 4.78 is 61.2. The average molecular weight is 819 g/mol. The molecule has 0 aromatic carbocycles. The summed E-state index contributed by atoms with van der Waals surface area (Å²) in [5.41, 5.74) is -18.2. The molecule has 19 nitrogen and oxygen atoms in total. The van der Waals surface area contributed by atoms with Gasteiger partial charge in [0.1, 0.15) is 29.5 Å². The Morgan fingerprint density at radius 1 is 0.879 bits per heavy atom. The fourth-order valence-corrected chi connectivity index (χ4v) is 14.0. The van der Waals surface area contributed by atoms with Gasteiger partial charge in [-0.15, -0.1) is 0 Å². The zero-order valence-corrected chi connectivity index (χ0v) is 33.2. The molecule has 3 saturated heterocycles. The van der Waals surface area contributed by atoms with Crippen molar-refractivity contribution in [2.24, 2.45) is 33.5 Å². The molecule has 1 aromatic rings. The summed E-state index contributed by atoms with van der Waals surface area (Å²) in [5.74, 6) is -10.7. The zero-order chi connectivity index (χ0) is 42.3. The number of furan rings is 1. The molecule has 3 N–H and O–H groups in total. The fourth-order valence-electron chi connectivity index (χ4n) is 14.0. The first kappa shape index (κ1) is 39.3. The number of cyclic esters (lactones) is 1. The minimum absolute atomic E-state index is 0.266. The molecule has 4 bridgehead atoms. The molecule has 1 spiro atoms. The first-order valence-corrected chi connectivity index (χ1v) is 19.2. The molecule has 316 valence electrons. The normalized spacial score (nSPS) is 51.1. The number of rotatable bonds is 8. The quantitative estimate of drug-likeness (QED) is 0.235. The zero-order valence-electron chi connectivity index (χ0n) is 33.2. The van der Waals surface area contributed by atoms with Crippen molar-refractivity contribution in [3.63, 3.8) is 0 Å². The number of esters is 6. The summed E-state index contributed by atoms with van der Waals surface area (Å²) in [6.45, 7) is 10.4. The molecular weight excluding hydrogens is 772 g/mol. The van der Waals surface area contributed by atoms with Gasteiger partial charge in [-0.1, -0.05) is 27.7 Å². The van der Waals surface area contributed by atoms with Crippen LogP contribution in [0.2, 0.25) is 0 Å². The molecule has 1 aromatic heterocycles. The highest BCUT2D eigenvalue weighted by Gasteiger charge is 3.11. The van der Waals surface area contributed by atoms with Crippen molar-refractivity contribution >= 4 is 35.8 Å². The maximum Gasteiger partial charge on any atom is 0.348 e. The minimum Gasteiger partial charge on any atom is -0.472 e. The lowest BCUT2D eigenvalue weighted by atomic mass is 9.33. The standard InChI is InChI=1S/C39H46O19/c1-15(2)26(44)55-30-37(48)29(53-18(5)42)31(6)13-36(37,47)32(7,21(31)20(27(45)49-9)51-16(3)40)38-24-22(43)34-14-35(34,39(30,38)58-33(8,56-24)57-38)25(52-17(4)41)28(46)54-23(34)19-10-11-50-12-19/h10-12,15,20-25,29-30,43,47-48H,13-14H2,1-9H3/t20-,21+,22+,23+,24-,25+,29+,30-,31-,32-,33-,34+,35-,36-,37+,38+,39+/m1/s1. The van der Waals surface area contributed by atoms with Crippen molar-refractivity contribution in [3.05, 3.63) is 24.2 Å². The maximum atomic E-state index is 14.6. The molecule has 8 fully saturated rings. The van der Waals surface area contributed by atoms with Crippen LogP contribution in [0.5, 0.6) is 0 Å². The highest BCUT2D eigenvalue weighted by Crippen LogP contribution is 2.95. The molecule has 0 unspecified atom stereocenters. The van der Waals surface area contributed by atoms with Crippen LogP contribution < -0.4 is 0 Å². The van der Waals surface area contributed by atoms with Gasteiger partial charge in [-0.25, -0.2) is 9.59 Å². The van der Waals surface area contributed by atoms with Crippen LogP contribution in [0.3, 0.4) is 0 Å². The molecule has 8 aliphatic rings. The number of carbonyl (C=O) groups excluding carboxylic acids is 6. The summed E-state index contributed by atoms with van der Waals surface area (Å²) in [6.07, 6.45) is -11.0. The van der Waals surface area contributed by atoms with E-state index in [9.17, 15) is 44.1 Å². The van der Waals surface area contributed by atoms with Crippen molar-refractivity contribution in [2.75, 3.05) is 7.11 Å². The van der Waals surface area contributed by atoms with Crippen LogP contribution >= 0.6 is 0 Å². The Labute approximate surface area is 330 Å². The van der Waals surface area contributed by atoms with Crippen LogP contribution in [0.15, 0.2) is 23.0 Å². The van der Waals surface area contributed by atoms with Gasteiger partial charge in [-0.05, 0) is 18.9 Å². The van der Waals surface area contributed by atoms with Crippen LogP contribution in [-0.4, -0.2) is 123 Å². The molecule has 58 heavy (non-hydrogen) atoms. The molecule has 5 saturated carbocycles. The van der Waals surface area contributed by atoms with Crippen molar-refractivity contribution in [2.45, 2.75) is 139 Å². The summed E-state index contributed by atoms with van der Waals surface area (Å²) in [6, 6.07) is 1.50. The minimum atomic E-state index is -2.93. The van der Waals surface area contributed by atoms with Gasteiger partial charge in [0.05, 0.1) is 42.5 Å². The van der Waals surface area contributed by atoms with Gasteiger partial charge in [0.2, 0.25) is 12.2 Å². The third-order valence-corrected chi connectivity index (χ3v) is 15.3. The number of carbonyl (C=O) groups is 6. The van der Waals surface area contributed by atoms with Gasteiger partial charge in [0.15, 0.2) is 17.3 Å². The van der Waals surface area contributed by atoms with E-state index in [1.54, 1.807) is 0 Å². The second kappa shape index (κ2) is 11.2. The first-order chi connectivity index (χ1) is 26.9. The Morgan fingerprint density at radius 3 is 2.10 bits per heavy atom. The molecule has 0 radical (unpaired) electrons. The molecule has 9 rings (SSSR count). The Morgan fingerprint density at radius 2 is 1.53 bits per heavy atom. The van der Waals surface area contributed by atoms with Crippen molar-refractivity contribution in [1.82, 2.24) is 0 Å². The predicted octanol–water partition coefficient (Wildman–Crippen LogP) is 0.283. The van der Waals surface area contributed by atoms with E-state index in [0.717, 1.165) is 27.9 Å². The van der Waals surface area contributed by atoms with E-state index in [1.807, 2.05) is 0 Å². The number of ether oxygens (including phenoxy) is 9. The largest absolute Gasteiger partial charge is 0.472 e. The monoisotopic (exact) mass is 818 g/mol. The molecule has 4 heterocycles. The van der Waals surface area contributed by atoms with Gasteiger partial charge in [-0.2, -0.15) is 0 Å². The van der Waals surface area contributed by atoms with Gasteiger partial charge in [0.25, 0.3) is 5.97 Å². The van der Waals surface area contributed by atoms with Crippen molar-refractivity contribution in [3.8, 4) is 0 Å². The fraction of sp³-hybridized carbons (Fsp3) is 0.744. The third-order valence-electron chi connectivity index (χ3n) is 15.3. The first-order valence-electron chi connectivity index (χ1n) is 19.2. The van der Waals surface area contributed by atoms with E-state index < -0.39 is 147 Å². The molecule has 19 heteroatoms.